The van der Waals surface area contributed by atoms with Crippen LogP contribution in [0.5, 0.6) is 5.75 Å². The molecule has 0 aromatic heterocycles. The van der Waals surface area contributed by atoms with Gasteiger partial charge < -0.3 is 9.47 Å². The summed E-state index contributed by atoms with van der Waals surface area (Å²) < 4.78 is 11.4. The molecule has 3 heteroatoms. The third-order valence-corrected chi connectivity index (χ3v) is 4.93. The van der Waals surface area contributed by atoms with Gasteiger partial charge in [-0.05, 0) is 61.6 Å². The summed E-state index contributed by atoms with van der Waals surface area (Å²) in [7, 11) is 0. The summed E-state index contributed by atoms with van der Waals surface area (Å²) in [6.45, 7) is 7.22. The van der Waals surface area contributed by atoms with Gasteiger partial charge in [0.05, 0.1) is 11.7 Å². The van der Waals surface area contributed by atoms with Crippen molar-refractivity contribution in [3.63, 3.8) is 0 Å². The van der Waals surface area contributed by atoms with Crippen LogP contribution in [0, 0.1) is 0 Å². The third kappa shape index (κ3) is 7.47. The van der Waals surface area contributed by atoms with Crippen molar-refractivity contribution in [3.05, 3.63) is 65.2 Å². The molecule has 1 atom stereocenters. The number of ether oxygens (including phenoxy) is 2. The monoisotopic (exact) mass is 382 g/mol. The Labute approximate surface area is 170 Å². The Bertz CT molecular complexity index is 689. The molecule has 1 unspecified atom stereocenters. The van der Waals surface area contributed by atoms with Crippen molar-refractivity contribution >= 4 is 5.97 Å². The van der Waals surface area contributed by atoms with E-state index in [1.165, 1.54) is 37.7 Å². The highest BCUT2D eigenvalue weighted by Gasteiger charge is 2.11. The molecule has 152 valence electrons. The van der Waals surface area contributed by atoms with Crippen molar-refractivity contribution in [2.24, 2.45) is 0 Å². The van der Waals surface area contributed by atoms with E-state index in [0.29, 0.717) is 11.3 Å². The molecule has 0 bridgehead atoms. The molecule has 0 amide bonds. The van der Waals surface area contributed by atoms with Crippen LogP contribution in [0.25, 0.3) is 0 Å². The van der Waals surface area contributed by atoms with E-state index in [-0.39, 0.29) is 12.1 Å². The van der Waals surface area contributed by atoms with E-state index in [0.717, 1.165) is 25.0 Å². The van der Waals surface area contributed by atoms with Gasteiger partial charge in [0.2, 0.25) is 0 Å². The smallest absolute Gasteiger partial charge is 0.343 e. The fourth-order valence-electron chi connectivity index (χ4n) is 3.05. The molecular formula is C25H34O3. The third-order valence-electron chi connectivity index (χ3n) is 4.93. The first kappa shape index (κ1) is 22.2. The molecule has 0 saturated carbocycles. The molecule has 0 aliphatic heterocycles. The molecule has 0 fully saturated rings. The SMILES string of the molecule is CCCCCCOC(C)c1ccc(C(=O)Oc2ccc(CCCC)cc2)cc1. The standard InChI is InChI=1S/C25H34O3/c1-4-6-8-9-19-27-20(3)22-13-15-23(16-14-22)25(26)28-24-17-11-21(12-18-24)10-7-5-2/h11-18,20H,4-10,19H2,1-3H3. The number of carbonyl (C=O) groups is 1. The van der Waals surface area contributed by atoms with Gasteiger partial charge in [-0.25, -0.2) is 4.79 Å². The Balaban J connectivity index is 1.83. The van der Waals surface area contributed by atoms with Gasteiger partial charge in [0.25, 0.3) is 0 Å². The minimum absolute atomic E-state index is 0.0300. The average molecular weight is 383 g/mol. The van der Waals surface area contributed by atoms with Gasteiger partial charge in [0, 0.05) is 6.61 Å². The summed E-state index contributed by atoms with van der Waals surface area (Å²) in [4.78, 5) is 12.4. The lowest BCUT2D eigenvalue weighted by Gasteiger charge is -2.14. The summed E-state index contributed by atoms with van der Waals surface area (Å²) in [5, 5.41) is 0. The maximum atomic E-state index is 12.4. The second-order valence-electron chi connectivity index (χ2n) is 7.33. The number of rotatable bonds is 12. The molecule has 3 nitrogen and oxygen atoms in total. The van der Waals surface area contributed by atoms with E-state index in [2.05, 4.69) is 13.8 Å². The lowest BCUT2D eigenvalue weighted by atomic mass is 10.1. The Morgan fingerprint density at radius 3 is 2.18 bits per heavy atom. The molecule has 2 aromatic rings. The summed E-state index contributed by atoms with van der Waals surface area (Å²) in [5.74, 6) is 0.249. The number of esters is 1. The zero-order chi connectivity index (χ0) is 20.2. The second-order valence-corrected chi connectivity index (χ2v) is 7.33. The van der Waals surface area contributed by atoms with Gasteiger partial charge in [-0.15, -0.1) is 0 Å². The van der Waals surface area contributed by atoms with Crippen LogP contribution in [0.2, 0.25) is 0 Å². The van der Waals surface area contributed by atoms with Crippen molar-refractivity contribution in [1.29, 1.82) is 0 Å². The van der Waals surface area contributed by atoms with Crippen LogP contribution in [0.1, 0.15) is 86.9 Å². The normalized spacial score (nSPS) is 12.0. The fourth-order valence-corrected chi connectivity index (χ4v) is 3.05. The Morgan fingerprint density at radius 2 is 1.54 bits per heavy atom. The van der Waals surface area contributed by atoms with E-state index in [1.54, 1.807) is 0 Å². The number of benzene rings is 2. The summed E-state index contributed by atoms with van der Waals surface area (Å²) in [6, 6.07) is 15.3. The molecule has 0 N–H and O–H groups in total. The van der Waals surface area contributed by atoms with Gasteiger partial charge in [-0.3, -0.25) is 0 Å². The molecule has 2 rings (SSSR count). The predicted molar refractivity (Wildman–Crippen MR) is 115 cm³/mol. The van der Waals surface area contributed by atoms with Crippen molar-refractivity contribution < 1.29 is 14.3 Å². The number of aryl methyl sites for hydroxylation is 1. The van der Waals surface area contributed by atoms with Crippen LogP contribution in [0.4, 0.5) is 0 Å². The van der Waals surface area contributed by atoms with E-state index in [9.17, 15) is 4.79 Å². The predicted octanol–water partition coefficient (Wildman–Crippen LogP) is 6.91. The fraction of sp³-hybridized carbons (Fsp3) is 0.480. The molecule has 2 aromatic carbocycles. The first-order valence-electron chi connectivity index (χ1n) is 10.7. The van der Waals surface area contributed by atoms with Crippen LogP contribution in [0.3, 0.4) is 0 Å². The molecule has 0 radical (unpaired) electrons. The maximum Gasteiger partial charge on any atom is 0.343 e. The average Bonchev–Trinajstić information content (AvgIpc) is 2.73. The second kappa shape index (κ2) is 12.4. The number of hydrogen-bond donors (Lipinski definition) is 0. The number of carbonyl (C=O) groups excluding carboxylic acids is 1. The molecule has 0 aliphatic rings. The highest BCUT2D eigenvalue weighted by Crippen LogP contribution is 2.20. The van der Waals surface area contributed by atoms with Crippen LogP contribution >= 0.6 is 0 Å². The van der Waals surface area contributed by atoms with E-state index in [1.807, 2.05) is 55.5 Å². The number of unbranched alkanes of at least 4 members (excludes halogenated alkanes) is 4. The van der Waals surface area contributed by atoms with E-state index < -0.39 is 0 Å². The summed E-state index contributed by atoms with van der Waals surface area (Å²) in [6.07, 6.45) is 8.24. The highest BCUT2D eigenvalue weighted by molar-refractivity contribution is 5.91. The van der Waals surface area contributed by atoms with Crippen LogP contribution in [0.15, 0.2) is 48.5 Å². The Hall–Kier alpha value is -2.13. The molecule has 28 heavy (non-hydrogen) atoms. The van der Waals surface area contributed by atoms with Gasteiger partial charge in [0.15, 0.2) is 0 Å². The molecule has 0 saturated heterocycles. The Kier molecular flexibility index (Phi) is 9.78. The molecule has 0 spiro atoms. The van der Waals surface area contributed by atoms with Crippen LogP contribution in [-0.4, -0.2) is 12.6 Å². The highest BCUT2D eigenvalue weighted by atomic mass is 16.5. The van der Waals surface area contributed by atoms with Crippen molar-refractivity contribution in [3.8, 4) is 5.75 Å². The van der Waals surface area contributed by atoms with Gasteiger partial charge in [-0.2, -0.15) is 0 Å². The number of hydrogen-bond acceptors (Lipinski definition) is 3. The van der Waals surface area contributed by atoms with Crippen molar-refractivity contribution in [2.45, 2.75) is 71.8 Å². The van der Waals surface area contributed by atoms with Crippen molar-refractivity contribution in [2.75, 3.05) is 6.61 Å². The van der Waals surface area contributed by atoms with Crippen LogP contribution < -0.4 is 4.74 Å². The first-order chi connectivity index (χ1) is 13.6. The maximum absolute atomic E-state index is 12.4. The van der Waals surface area contributed by atoms with Gasteiger partial charge >= 0.3 is 5.97 Å². The molecule has 0 heterocycles. The minimum Gasteiger partial charge on any atom is -0.423 e. The van der Waals surface area contributed by atoms with E-state index in [4.69, 9.17) is 9.47 Å². The van der Waals surface area contributed by atoms with E-state index >= 15 is 0 Å². The largest absolute Gasteiger partial charge is 0.423 e. The van der Waals surface area contributed by atoms with Gasteiger partial charge in [-0.1, -0.05) is 63.8 Å². The topological polar surface area (TPSA) is 35.5 Å². The lowest BCUT2D eigenvalue weighted by molar-refractivity contribution is 0.0626. The zero-order valence-electron chi connectivity index (χ0n) is 17.6. The minimum atomic E-state index is -0.332. The van der Waals surface area contributed by atoms with Crippen LogP contribution in [-0.2, 0) is 11.2 Å². The zero-order valence-corrected chi connectivity index (χ0v) is 17.6. The lowest BCUT2D eigenvalue weighted by Crippen LogP contribution is -2.09. The summed E-state index contributed by atoms with van der Waals surface area (Å²) >= 11 is 0. The van der Waals surface area contributed by atoms with Crippen molar-refractivity contribution in [1.82, 2.24) is 0 Å². The molecular weight excluding hydrogens is 348 g/mol. The first-order valence-corrected chi connectivity index (χ1v) is 10.7. The summed E-state index contributed by atoms with van der Waals surface area (Å²) in [5.41, 5.74) is 2.90. The Morgan fingerprint density at radius 1 is 0.857 bits per heavy atom. The quantitative estimate of drug-likeness (QED) is 0.227. The molecule has 0 aliphatic carbocycles. The van der Waals surface area contributed by atoms with Gasteiger partial charge in [0.1, 0.15) is 5.75 Å².